The molecule has 182 valence electrons. The maximum atomic E-state index is 13.0. The van der Waals surface area contributed by atoms with Gasteiger partial charge in [-0.3, -0.25) is 14.4 Å². The van der Waals surface area contributed by atoms with E-state index in [1.807, 2.05) is 0 Å². The summed E-state index contributed by atoms with van der Waals surface area (Å²) in [5.74, 6) is -0.858. The van der Waals surface area contributed by atoms with E-state index in [4.69, 9.17) is 4.74 Å². The third kappa shape index (κ3) is 2.77. The first kappa shape index (κ1) is 24.3. The zero-order valence-corrected chi connectivity index (χ0v) is 20.4. The second kappa shape index (κ2) is 7.35. The Hall–Kier alpha value is -1.79. The second-order valence-electron chi connectivity index (χ2n) is 11.6. The maximum absolute atomic E-state index is 13.0. The van der Waals surface area contributed by atoms with Gasteiger partial charge in [0.15, 0.2) is 5.78 Å². The molecule has 6 nitrogen and oxygen atoms in total. The van der Waals surface area contributed by atoms with Gasteiger partial charge in [0.05, 0.1) is 11.7 Å². The van der Waals surface area contributed by atoms with E-state index in [9.17, 15) is 24.6 Å². The van der Waals surface area contributed by atoms with Crippen molar-refractivity contribution >= 4 is 17.5 Å². The average Bonchev–Trinajstić information content (AvgIpc) is 3.42. The standard InChI is InChI=1S/C25H34O6.C2H4/c1-14(26)17-12-15-11-16(27)5-8-21(15,2)25-19(31-25)13-22(3)18(23(17,25)4)6-9-24(22,30)10-7-20(28)29;1-2/h11,17-19,30H,5-10,12-13H2,1-4H3,(H,28,29);1-2H2/t17?,18-,19-,21+,22+,23+,24-,25?;/m1./s1. The fourth-order valence-electron chi connectivity index (χ4n) is 9.07. The summed E-state index contributed by atoms with van der Waals surface area (Å²) in [6.07, 6.45) is 5.67. The van der Waals surface area contributed by atoms with E-state index < -0.39 is 28.0 Å². The Labute approximate surface area is 196 Å². The SMILES string of the molecule is C=C.CC(=O)C1CC2=CC(=O)CC[C@]2(C)C23O[C@@H]2C[C@@]2(C)[C@@H](CC[C@@]2(O)CCC(=O)O)[C@]13C. The number of epoxide rings is 1. The monoisotopic (exact) mass is 458 g/mol. The summed E-state index contributed by atoms with van der Waals surface area (Å²) in [7, 11) is 0. The minimum absolute atomic E-state index is 0.0578. The van der Waals surface area contributed by atoms with Crippen LogP contribution < -0.4 is 0 Å². The molecule has 0 bridgehead atoms. The van der Waals surface area contributed by atoms with Gasteiger partial charge < -0.3 is 14.9 Å². The van der Waals surface area contributed by atoms with Crippen LogP contribution in [0, 0.1) is 28.1 Å². The number of carbonyl (C=O) groups is 3. The van der Waals surface area contributed by atoms with E-state index in [0.717, 1.165) is 18.4 Å². The van der Waals surface area contributed by atoms with Crippen molar-refractivity contribution in [3.63, 3.8) is 0 Å². The molecule has 8 atom stereocenters. The molecule has 0 aromatic rings. The summed E-state index contributed by atoms with van der Waals surface area (Å²) in [6.45, 7) is 14.2. The van der Waals surface area contributed by atoms with E-state index >= 15 is 0 Å². The molecule has 33 heavy (non-hydrogen) atoms. The van der Waals surface area contributed by atoms with Gasteiger partial charge in [0, 0.05) is 35.0 Å². The largest absolute Gasteiger partial charge is 0.481 e. The molecule has 4 fully saturated rings. The molecule has 5 rings (SSSR count). The van der Waals surface area contributed by atoms with Crippen LogP contribution in [0.1, 0.15) is 79.1 Å². The smallest absolute Gasteiger partial charge is 0.303 e. The molecule has 4 aliphatic carbocycles. The molecular formula is C27H38O6. The highest BCUT2D eigenvalue weighted by molar-refractivity contribution is 5.92. The lowest BCUT2D eigenvalue weighted by molar-refractivity contribution is -0.175. The highest BCUT2D eigenvalue weighted by atomic mass is 16.6. The third-order valence-electron chi connectivity index (χ3n) is 10.7. The second-order valence-corrected chi connectivity index (χ2v) is 11.6. The number of carboxylic acid groups (broad SMARTS) is 1. The zero-order valence-electron chi connectivity index (χ0n) is 20.4. The Morgan fingerprint density at radius 1 is 1.21 bits per heavy atom. The molecule has 1 spiro atoms. The molecule has 0 aromatic carbocycles. The van der Waals surface area contributed by atoms with Crippen LogP contribution in [0.25, 0.3) is 0 Å². The van der Waals surface area contributed by atoms with Crippen LogP contribution in [-0.2, 0) is 19.1 Å². The van der Waals surface area contributed by atoms with Gasteiger partial charge in [-0.2, -0.15) is 0 Å². The van der Waals surface area contributed by atoms with Crippen LogP contribution in [-0.4, -0.2) is 45.1 Å². The summed E-state index contributed by atoms with van der Waals surface area (Å²) in [4.78, 5) is 36.6. The molecule has 5 aliphatic rings. The minimum Gasteiger partial charge on any atom is -0.481 e. The Bertz CT molecular complexity index is 939. The quantitative estimate of drug-likeness (QED) is 0.482. The summed E-state index contributed by atoms with van der Waals surface area (Å²) >= 11 is 0. The number of ketones is 2. The fourth-order valence-corrected chi connectivity index (χ4v) is 9.07. The number of ether oxygens (including phenoxy) is 1. The molecule has 1 saturated heterocycles. The number of rotatable bonds is 4. The van der Waals surface area contributed by atoms with Gasteiger partial charge in [0.2, 0.25) is 0 Å². The topological polar surface area (TPSA) is 104 Å². The average molecular weight is 459 g/mol. The summed E-state index contributed by atoms with van der Waals surface area (Å²) in [5.41, 5.74) is -1.75. The Balaban J connectivity index is 0.00000126. The fraction of sp³-hybridized carbons (Fsp3) is 0.741. The first-order chi connectivity index (χ1) is 15.4. The van der Waals surface area contributed by atoms with Crippen molar-refractivity contribution in [1.82, 2.24) is 0 Å². The van der Waals surface area contributed by atoms with Gasteiger partial charge in [-0.1, -0.05) is 26.3 Å². The summed E-state index contributed by atoms with van der Waals surface area (Å²) in [6, 6.07) is 0. The van der Waals surface area contributed by atoms with Crippen LogP contribution in [0.2, 0.25) is 0 Å². The van der Waals surface area contributed by atoms with Gasteiger partial charge in [0.1, 0.15) is 11.4 Å². The summed E-state index contributed by atoms with van der Waals surface area (Å²) < 4.78 is 6.65. The van der Waals surface area contributed by atoms with Crippen LogP contribution in [0.5, 0.6) is 0 Å². The van der Waals surface area contributed by atoms with Crippen LogP contribution >= 0.6 is 0 Å². The van der Waals surface area contributed by atoms with E-state index in [1.54, 1.807) is 13.0 Å². The van der Waals surface area contributed by atoms with Gasteiger partial charge in [-0.05, 0) is 57.4 Å². The number of Topliss-reactive ketones (excluding diaryl/α,β-unsaturated/α-hetero) is 1. The van der Waals surface area contributed by atoms with Crippen molar-refractivity contribution in [3.05, 3.63) is 24.8 Å². The van der Waals surface area contributed by atoms with Crippen molar-refractivity contribution in [3.8, 4) is 0 Å². The number of fused-ring (bicyclic) bond motifs is 3. The lowest BCUT2D eigenvalue weighted by Gasteiger charge is -2.64. The lowest BCUT2D eigenvalue weighted by atomic mass is 9.37. The predicted molar refractivity (Wildman–Crippen MR) is 123 cm³/mol. The van der Waals surface area contributed by atoms with Gasteiger partial charge >= 0.3 is 5.97 Å². The first-order valence-electron chi connectivity index (χ1n) is 12.2. The number of hydrogen-bond donors (Lipinski definition) is 2. The van der Waals surface area contributed by atoms with E-state index in [1.165, 1.54) is 0 Å². The zero-order chi connectivity index (χ0) is 24.6. The van der Waals surface area contributed by atoms with Crippen LogP contribution in [0.15, 0.2) is 24.8 Å². The van der Waals surface area contributed by atoms with E-state index in [0.29, 0.717) is 25.7 Å². The minimum atomic E-state index is -1.07. The summed E-state index contributed by atoms with van der Waals surface area (Å²) in [5, 5.41) is 21.0. The highest BCUT2D eigenvalue weighted by Crippen LogP contribution is 2.82. The Morgan fingerprint density at radius 3 is 2.48 bits per heavy atom. The van der Waals surface area contributed by atoms with Crippen molar-refractivity contribution in [2.24, 2.45) is 28.1 Å². The van der Waals surface area contributed by atoms with Gasteiger partial charge in [0.25, 0.3) is 0 Å². The van der Waals surface area contributed by atoms with Crippen molar-refractivity contribution in [2.75, 3.05) is 0 Å². The molecule has 0 radical (unpaired) electrons. The molecule has 0 amide bonds. The van der Waals surface area contributed by atoms with E-state index in [-0.39, 0.29) is 47.8 Å². The van der Waals surface area contributed by atoms with Crippen molar-refractivity contribution < 1.29 is 29.3 Å². The maximum Gasteiger partial charge on any atom is 0.303 e. The van der Waals surface area contributed by atoms with Crippen molar-refractivity contribution in [2.45, 2.75) is 96.4 Å². The number of hydrogen-bond acceptors (Lipinski definition) is 5. The predicted octanol–water partition coefficient (Wildman–Crippen LogP) is 4.25. The molecule has 2 N–H and O–H groups in total. The number of carboxylic acids is 1. The van der Waals surface area contributed by atoms with Gasteiger partial charge in [-0.15, -0.1) is 13.2 Å². The lowest BCUT2D eigenvalue weighted by Crippen LogP contribution is -2.68. The third-order valence-corrected chi connectivity index (χ3v) is 10.7. The molecule has 2 unspecified atom stereocenters. The van der Waals surface area contributed by atoms with Crippen molar-refractivity contribution in [1.29, 1.82) is 0 Å². The number of aliphatic carboxylic acids is 1. The Morgan fingerprint density at radius 2 is 1.88 bits per heavy atom. The molecule has 1 aliphatic heterocycles. The molecular weight excluding hydrogens is 420 g/mol. The van der Waals surface area contributed by atoms with Crippen LogP contribution in [0.4, 0.5) is 0 Å². The highest BCUT2D eigenvalue weighted by Gasteiger charge is 2.86. The number of carbonyl (C=O) groups excluding carboxylic acids is 2. The first-order valence-corrected chi connectivity index (χ1v) is 12.2. The molecule has 1 heterocycles. The van der Waals surface area contributed by atoms with E-state index in [2.05, 4.69) is 33.9 Å². The number of aliphatic hydroxyl groups is 1. The molecule has 6 heteroatoms. The normalized spacial score (nSPS) is 49.3. The Kier molecular flexibility index (Phi) is 5.42. The molecule has 0 aromatic heterocycles. The van der Waals surface area contributed by atoms with Gasteiger partial charge in [-0.25, -0.2) is 0 Å². The molecule has 3 saturated carbocycles. The van der Waals surface area contributed by atoms with Crippen LogP contribution in [0.3, 0.4) is 0 Å².